The van der Waals surface area contributed by atoms with Crippen LogP contribution < -0.4 is 5.43 Å². The number of aromatic nitrogens is 2. The van der Waals surface area contributed by atoms with Crippen molar-refractivity contribution in [3.63, 3.8) is 0 Å². The summed E-state index contributed by atoms with van der Waals surface area (Å²) >= 11 is 3.35. The first-order valence-electron chi connectivity index (χ1n) is 6.93. The van der Waals surface area contributed by atoms with E-state index in [4.69, 9.17) is 4.42 Å². The number of hydrogen-bond donors (Lipinski definition) is 1. The number of nitrogens with zero attached hydrogens (tertiary/aromatic N) is 3. The smallest absolute Gasteiger partial charge is 0.265 e. The van der Waals surface area contributed by atoms with Crippen molar-refractivity contribution in [1.82, 2.24) is 20.6 Å². The molecule has 0 bridgehead atoms. The summed E-state index contributed by atoms with van der Waals surface area (Å²) in [5, 5.41) is 9.72. The first kappa shape index (κ1) is 14.9. The summed E-state index contributed by atoms with van der Waals surface area (Å²) in [6.45, 7) is 3.08. The Morgan fingerprint density at radius 3 is 2.68 bits per heavy atom. The predicted octanol–water partition coefficient (Wildman–Crippen LogP) is 2.57. The zero-order chi connectivity index (χ0) is 15.5. The van der Waals surface area contributed by atoms with Crippen LogP contribution in [0.3, 0.4) is 0 Å². The molecule has 1 N–H and O–H groups in total. The lowest BCUT2D eigenvalue weighted by Crippen LogP contribution is -2.44. The van der Waals surface area contributed by atoms with E-state index in [2.05, 4.69) is 31.6 Å². The Labute approximate surface area is 136 Å². The fraction of sp³-hybridized carbons (Fsp3) is 0.267. The normalized spacial score (nSPS) is 15.5. The van der Waals surface area contributed by atoms with Crippen molar-refractivity contribution in [2.45, 2.75) is 13.3 Å². The van der Waals surface area contributed by atoms with Crippen LogP contribution in [0, 0.1) is 6.92 Å². The van der Waals surface area contributed by atoms with Crippen LogP contribution in [0.15, 0.2) is 39.2 Å². The third-order valence-electron chi connectivity index (χ3n) is 3.38. The van der Waals surface area contributed by atoms with Gasteiger partial charge in [0.15, 0.2) is 0 Å². The molecule has 1 aromatic carbocycles. The first-order chi connectivity index (χ1) is 10.6. The van der Waals surface area contributed by atoms with E-state index in [0.29, 0.717) is 30.4 Å². The summed E-state index contributed by atoms with van der Waals surface area (Å²) in [6, 6.07) is 7.26. The molecule has 1 aromatic heterocycles. The Kier molecular flexibility index (Phi) is 4.35. The summed E-state index contributed by atoms with van der Waals surface area (Å²) in [7, 11) is 0. The van der Waals surface area contributed by atoms with E-state index in [-0.39, 0.29) is 5.91 Å². The number of aryl methyl sites for hydroxylation is 1. The van der Waals surface area contributed by atoms with Crippen LogP contribution in [0.2, 0.25) is 0 Å². The van der Waals surface area contributed by atoms with Gasteiger partial charge in [-0.2, -0.15) is 0 Å². The molecule has 6 nitrogen and oxygen atoms in total. The zero-order valence-corrected chi connectivity index (χ0v) is 13.6. The molecule has 7 heteroatoms. The summed E-state index contributed by atoms with van der Waals surface area (Å²) in [6.07, 6.45) is 2.75. The van der Waals surface area contributed by atoms with Gasteiger partial charge in [-0.25, -0.2) is 5.01 Å². The van der Waals surface area contributed by atoms with Crippen molar-refractivity contribution in [1.29, 1.82) is 0 Å². The fourth-order valence-electron chi connectivity index (χ4n) is 2.20. The third-order valence-corrected chi connectivity index (χ3v) is 3.90. The van der Waals surface area contributed by atoms with E-state index in [1.54, 1.807) is 19.1 Å². The standard InChI is InChI=1S/C15H15BrN4O2/c1-10-17-18-15(22-10)12-6-8-20(9-7-12)19-14(21)11-2-4-13(16)5-3-11/h2-6H,7-9H2,1H3,(H,19,21). The molecule has 3 rings (SSSR count). The van der Waals surface area contributed by atoms with Gasteiger partial charge in [-0.3, -0.25) is 10.2 Å². The topological polar surface area (TPSA) is 71.3 Å². The van der Waals surface area contributed by atoms with Crippen molar-refractivity contribution >= 4 is 27.4 Å². The van der Waals surface area contributed by atoms with Crippen molar-refractivity contribution in [3.05, 3.63) is 52.2 Å². The second-order valence-corrected chi connectivity index (χ2v) is 5.92. The van der Waals surface area contributed by atoms with Gasteiger partial charge in [0.2, 0.25) is 11.8 Å². The van der Waals surface area contributed by atoms with Gasteiger partial charge in [0.25, 0.3) is 5.91 Å². The Morgan fingerprint density at radius 1 is 1.32 bits per heavy atom. The van der Waals surface area contributed by atoms with Gasteiger partial charge in [0.05, 0.1) is 0 Å². The molecule has 0 saturated carbocycles. The largest absolute Gasteiger partial charge is 0.421 e. The second kappa shape index (κ2) is 6.41. The lowest BCUT2D eigenvalue weighted by atomic mass is 10.1. The zero-order valence-electron chi connectivity index (χ0n) is 12.0. The van der Waals surface area contributed by atoms with Crippen LogP contribution in [-0.4, -0.2) is 34.2 Å². The molecule has 0 aliphatic carbocycles. The molecule has 0 spiro atoms. The number of amides is 1. The van der Waals surface area contributed by atoms with Gasteiger partial charge in [0, 0.05) is 35.6 Å². The van der Waals surface area contributed by atoms with Crippen LogP contribution in [0.4, 0.5) is 0 Å². The molecular formula is C15H15BrN4O2. The molecule has 1 aliphatic heterocycles. The monoisotopic (exact) mass is 362 g/mol. The quantitative estimate of drug-likeness (QED) is 0.908. The van der Waals surface area contributed by atoms with E-state index in [9.17, 15) is 4.79 Å². The van der Waals surface area contributed by atoms with Crippen LogP contribution in [0.5, 0.6) is 0 Å². The number of hydrogen-bond acceptors (Lipinski definition) is 5. The molecule has 2 aromatic rings. The SMILES string of the molecule is Cc1nnc(C2=CCN(NC(=O)c3ccc(Br)cc3)CC2)o1. The molecule has 1 aliphatic rings. The predicted molar refractivity (Wildman–Crippen MR) is 84.8 cm³/mol. The fourth-order valence-corrected chi connectivity index (χ4v) is 2.47. The van der Waals surface area contributed by atoms with Crippen LogP contribution >= 0.6 is 15.9 Å². The molecule has 0 unspecified atom stereocenters. The number of carbonyl (C=O) groups is 1. The molecule has 114 valence electrons. The van der Waals surface area contributed by atoms with E-state index in [1.807, 2.05) is 23.2 Å². The van der Waals surface area contributed by atoms with Crippen LogP contribution in [-0.2, 0) is 0 Å². The van der Waals surface area contributed by atoms with Crippen molar-refractivity contribution in [2.75, 3.05) is 13.1 Å². The Bertz CT molecular complexity index is 709. The van der Waals surface area contributed by atoms with Crippen molar-refractivity contribution in [2.24, 2.45) is 0 Å². The average molecular weight is 363 g/mol. The molecule has 22 heavy (non-hydrogen) atoms. The van der Waals surface area contributed by atoms with E-state index >= 15 is 0 Å². The number of rotatable bonds is 3. The van der Waals surface area contributed by atoms with Gasteiger partial charge in [-0.15, -0.1) is 10.2 Å². The van der Waals surface area contributed by atoms with Gasteiger partial charge in [0.1, 0.15) is 0 Å². The van der Waals surface area contributed by atoms with Crippen molar-refractivity contribution < 1.29 is 9.21 Å². The van der Waals surface area contributed by atoms with Crippen molar-refractivity contribution in [3.8, 4) is 0 Å². The second-order valence-electron chi connectivity index (χ2n) is 5.00. The molecule has 2 heterocycles. The summed E-state index contributed by atoms with van der Waals surface area (Å²) < 4.78 is 6.37. The number of nitrogens with one attached hydrogen (secondary N) is 1. The maximum Gasteiger partial charge on any atom is 0.265 e. The molecular weight excluding hydrogens is 348 g/mol. The first-order valence-corrected chi connectivity index (χ1v) is 7.72. The summed E-state index contributed by atoms with van der Waals surface area (Å²) in [5.74, 6) is 1.01. The van der Waals surface area contributed by atoms with E-state index in [0.717, 1.165) is 16.5 Å². The van der Waals surface area contributed by atoms with Crippen LogP contribution in [0.1, 0.15) is 28.6 Å². The number of hydrazine groups is 1. The highest BCUT2D eigenvalue weighted by atomic mass is 79.9. The summed E-state index contributed by atoms with van der Waals surface area (Å²) in [4.78, 5) is 12.1. The summed E-state index contributed by atoms with van der Waals surface area (Å²) in [5.41, 5.74) is 4.55. The molecule has 1 amide bonds. The highest BCUT2D eigenvalue weighted by molar-refractivity contribution is 9.10. The molecule has 0 atom stereocenters. The van der Waals surface area contributed by atoms with Gasteiger partial charge < -0.3 is 4.42 Å². The minimum atomic E-state index is -0.113. The molecule has 0 fully saturated rings. The lowest BCUT2D eigenvalue weighted by molar-refractivity contribution is 0.0806. The van der Waals surface area contributed by atoms with Gasteiger partial charge in [-0.1, -0.05) is 22.0 Å². The van der Waals surface area contributed by atoms with Gasteiger partial charge in [-0.05, 0) is 30.7 Å². The average Bonchev–Trinajstić information content (AvgIpc) is 2.95. The highest BCUT2D eigenvalue weighted by Crippen LogP contribution is 2.20. The highest BCUT2D eigenvalue weighted by Gasteiger charge is 2.18. The minimum Gasteiger partial charge on any atom is -0.421 e. The maximum atomic E-state index is 12.1. The number of benzene rings is 1. The Morgan fingerprint density at radius 2 is 2.09 bits per heavy atom. The lowest BCUT2D eigenvalue weighted by Gasteiger charge is -2.25. The maximum absolute atomic E-state index is 12.1. The molecule has 0 saturated heterocycles. The van der Waals surface area contributed by atoms with Gasteiger partial charge >= 0.3 is 0 Å². The Hall–Kier alpha value is -1.99. The third kappa shape index (κ3) is 3.42. The number of halogens is 1. The molecule has 0 radical (unpaired) electrons. The van der Waals surface area contributed by atoms with E-state index in [1.165, 1.54) is 0 Å². The van der Waals surface area contributed by atoms with E-state index < -0.39 is 0 Å². The minimum absolute atomic E-state index is 0.113. The Balaban J connectivity index is 1.60. The van der Waals surface area contributed by atoms with Crippen LogP contribution in [0.25, 0.3) is 5.57 Å². The number of carbonyl (C=O) groups excluding carboxylic acids is 1.